The molecule has 1 saturated heterocycles. The monoisotopic (exact) mass is 276 g/mol. The number of aliphatic hydroxyl groups excluding tert-OH is 1. The molecule has 1 saturated carbocycles. The second-order valence-corrected chi connectivity index (χ2v) is 7.28. The molecule has 0 unspecified atom stereocenters. The van der Waals surface area contributed by atoms with E-state index in [2.05, 4.69) is 4.72 Å². The van der Waals surface area contributed by atoms with Crippen molar-refractivity contribution in [3.63, 3.8) is 0 Å². The minimum Gasteiger partial charge on any atom is -0.396 e. The predicted molar refractivity (Wildman–Crippen MR) is 70.3 cm³/mol. The third-order valence-corrected chi connectivity index (χ3v) is 5.76. The van der Waals surface area contributed by atoms with Crippen molar-refractivity contribution in [1.82, 2.24) is 9.03 Å². The van der Waals surface area contributed by atoms with Gasteiger partial charge >= 0.3 is 0 Å². The Labute approximate surface area is 110 Å². The molecule has 0 aromatic heterocycles. The molecule has 2 aliphatic rings. The van der Waals surface area contributed by atoms with Gasteiger partial charge in [0.15, 0.2) is 0 Å². The maximum absolute atomic E-state index is 12.0. The van der Waals surface area contributed by atoms with Crippen molar-refractivity contribution < 1.29 is 13.5 Å². The van der Waals surface area contributed by atoms with Crippen LogP contribution in [-0.2, 0) is 10.2 Å². The van der Waals surface area contributed by atoms with Crippen LogP contribution in [-0.4, -0.2) is 44.1 Å². The van der Waals surface area contributed by atoms with E-state index < -0.39 is 10.2 Å². The van der Waals surface area contributed by atoms with Crippen LogP contribution in [0.4, 0.5) is 0 Å². The zero-order valence-corrected chi connectivity index (χ0v) is 11.7. The van der Waals surface area contributed by atoms with Crippen LogP contribution >= 0.6 is 0 Å². The van der Waals surface area contributed by atoms with Crippen molar-refractivity contribution in [2.75, 3.05) is 26.2 Å². The molecular formula is C12H24N2O3S. The fraction of sp³-hybridized carbons (Fsp3) is 1.00. The molecule has 2 N–H and O–H groups in total. The van der Waals surface area contributed by atoms with Gasteiger partial charge in [0.1, 0.15) is 0 Å². The molecule has 1 aliphatic carbocycles. The zero-order chi connectivity index (χ0) is 13.0. The lowest BCUT2D eigenvalue weighted by atomic mass is 9.82. The van der Waals surface area contributed by atoms with Gasteiger partial charge in [-0.25, -0.2) is 4.72 Å². The molecule has 5 nitrogen and oxygen atoms in total. The Morgan fingerprint density at radius 1 is 1.06 bits per heavy atom. The number of aliphatic hydroxyl groups is 1. The first-order chi connectivity index (χ1) is 8.62. The molecule has 18 heavy (non-hydrogen) atoms. The summed E-state index contributed by atoms with van der Waals surface area (Å²) in [6.07, 6.45) is 6.03. The topological polar surface area (TPSA) is 69.6 Å². The fourth-order valence-electron chi connectivity index (χ4n) is 2.86. The number of nitrogens with one attached hydrogen (secondary N) is 1. The summed E-state index contributed by atoms with van der Waals surface area (Å²) >= 11 is 0. The molecule has 0 amide bonds. The smallest absolute Gasteiger partial charge is 0.279 e. The van der Waals surface area contributed by atoms with E-state index in [4.69, 9.17) is 5.11 Å². The van der Waals surface area contributed by atoms with E-state index in [1.807, 2.05) is 0 Å². The van der Waals surface area contributed by atoms with Crippen molar-refractivity contribution in [2.45, 2.75) is 38.5 Å². The number of nitrogens with zero attached hydrogens (tertiary/aromatic N) is 1. The molecule has 0 bridgehead atoms. The molecule has 1 aliphatic heterocycles. The Bertz CT molecular complexity index is 344. The first-order valence-corrected chi connectivity index (χ1v) is 8.41. The molecule has 0 spiro atoms. The van der Waals surface area contributed by atoms with Gasteiger partial charge in [-0.1, -0.05) is 0 Å². The Balaban J connectivity index is 1.74. The molecule has 0 aromatic carbocycles. The summed E-state index contributed by atoms with van der Waals surface area (Å²) in [5.74, 6) is 0.863. The van der Waals surface area contributed by atoms with Crippen LogP contribution in [0.2, 0.25) is 0 Å². The van der Waals surface area contributed by atoms with Crippen molar-refractivity contribution in [1.29, 1.82) is 0 Å². The maximum Gasteiger partial charge on any atom is 0.279 e. The zero-order valence-electron chi connectivity index (χ0n) is 10.8. The third-order valence-electron chi connectivity index (χ3n) is 4.18. The predicted octanol–water partition coefficient (Wildman–Crippen LogP) is 0.715. The van der Waals surface area contributed by atoms with Crippen LogP contribution in [0, 0.1) is 11.8 Å². The van der Waals surface area contributed by atoms with Gasteiger partial charge in [0.2, 0.25) is 0 Å². The van der Waals surface area contributed by atoms with Crippen molar-refractivity contribution in [3.8, 4) is 0 Å². The van der Waals surface area contributed by atoms with Crippen LogP contribution in [0.5, 0.6) is 0 Å². The van der Waals surface area contributed by atoms with Crippen LogP contribution < -0.4 is 4.72 Å². The Hall–Kier alpha value is -0.170. The van der Waals surface area contributed by atoms with E-state index in [-0.39, 0.29) is 6.61 Å². The molecular weight excluding hydrogens is 252 g/mol. The second-order valence-electron chi connectivity index (χ2n) is 5.53. The average Bonchev–Trinajstić information content (AvgIpc) is 2.92. The average molecular weight is 276 g/mol. The third kappa shape index (κ3) is 3.66. The summed E-state index contributed by atoms with van der Waals surface area (Å²) in [7, 11) is -3.24. The summed E-state index contributed by atoms with van der Waals surface area (Å²) in [5, 5.41) is 9.06. The molecule has 0 aromatic rings. The van der Waals surface area contributed by atoms with Gasteiger partial charge < -0.3 is 5.11 Å². The van der Waals surface area contributed by atoms with Gasteiger partial charge in [0, 0.05) is 26.2 Å². The highest BCUT2D eigenvalue weighted by atomic mass is 32.2. The van der Waals surface area contributed by atoms with Gasteiger partial charge in [0.05, 0.1) is 0 Å². The summed E-state index contributed by atoms with van der Waals surface area (Å²) < 4.78 is 28.2. The standard InChI is InChI=1S/C12H24N2O3S/c15-10-12-5-3-11(4-6-12)9-13-18(16,17)14-7-1-2-8-14/h11-13,15H,1-10H2. The molecule has 1 heterocycles. The lowest BCUT2D eigenvalue weighted by molar-refractivity contribution is 0.168. The van der Waals surface area contributed by atoms with Crippen LogP contribution in [0.15, 0.2) is 0 Å². The minimum absolute atomic E-state index is 0.270. The Kier molecular flexibility index (Phi) is 5.00. The molecule has 0 radical (unpaired) electrons. The van der Waals surface area contributed by atoms with Crippen LogP contribution in [0.25, 0.3) is 0 Å². The second kappa shape index (κ2) is 6.32. The lowest BCUT2D eigenvalue weighted by Crippen LogP contribution is -2.41. The highest BCUT2D eigenvalue weighted by Crippen LogP contribution is 2.28. The molecule has 2 rings (SSSR count). The van der Waals surface area contributed by atoms with E-state index in [9.17, 15) is 8.42 Å². The maximum atomic E-state index is 12.0. The fourth-order valence-corrected chi connectivity index (χ4v) is 4.23. The summed E-state index contributed by atoms with van der Waals surface area (Å²) in [6, 6.07) is 0. The Morgan fingerprint density at radius 3 is 2.17 bits per heavy atom. The Morgan fingerprint density at radius 2 is 1.61 bits per heavy atom. The van der Waals surface area contributed by atoms with Gasteiger partial charge in [-0.05, 0) is 50.4 Å². The molecule has 2 fully saturated rings. The van der Waals surface area contributed by atoms with E-state index in [1.165, 1.54) is 0 Å². The first kappa shape index (κ1) is 14.2. The van der Waals surface area contributed by atoms with Crippen molar-refractivity contribution in [3.05, 3.63) is 0 Å². The highest BCUT2D eigenvalue weighted by molar-refractivity contribution is 7.87. The van der Waals surface area contributed by atoms with Gasteiger partial charge in [-0.3, -0.25) is 0 Å². The van der Waals surface area contributed by atoms with E-state index >= 15 is 0 Å². The van der Waals surface area contributed by atoms with E-state index in [1.54, 1.807) is 4.31 Å². The largest absolute Gasteiger partial charge is 0.396 e. The molecule has 106 valence electrons. The van der Waals surface area contributed by atoms with E-state index in [0.29, 0.717) is 31.5 Å². The number of rotatable bonds is 5. The highest BCUT2D eigenvalue weighted by Gasteiger charge is 2.27. The molecule has 6 heteroatoms. The SMILES string of the molecule is O=S(=O)(NCC1CCC(CO)CC1)N1CCCC1. The molecule has 0 atom stereocenters. The van der Waals surface area contributed by atoms with Crippen LogP contribution in [0.3, 0.4) is 0 Å². The quantitative estimate of drug-likeness (QED) is 0.777. The van der Waals surface area contributed by atoms with Crippen molar-refractivity contribution >= 4 is 10.2 Å². The van der Waals surface area contributed by atoms with Gasteiger partial charge in [-0.15, -0.1) is 0 Å². The lowest BCUT2D eigenvalue weighted by Gasteiger charge is -2.28. The van der Waals surface area contributed by atoms with Gasteiger partial charge in [-0.2, -0.15) is 12.7 Å². The van der Waals surface area contributed by atoms with Crippen LogP contribution in [0.1, 0.15) is 38.5 Å². The van der Waals surface area contributed by atoms with Crippen molar-refractivity contribution in [2.24, 2.45) is 11.8 Å². The first-order valence-electron chi connectivity index (χ1n) is 6.97. The van der Waals surface area contributed by atoms with Gasteiger partial charge in [0.25, 0.3) is 10.2 Å². The normalized spacial score (nSPS) is 30.7. The summed E-state index contributed by atoms with van der Waals surface area (Å²) in [6.45, 7) is 2.14. The number of hydrogen-bond acceptors (Lipinski definition) is 3. The minimum atomic E-state index is -3.24. The summed E-state index contributed by atoms with van der Waals surface area (Å²) in [4.78, 5) is 0. The number of hydrogen-bond donors (Lipinski definition) is 2. The van der Waals surface area contributed by atoms with E-state index in [0.717, 1.165) is 38.5 Å². The summed E-state index contributed by atoms with van der Waals surface area (Å²) in [5.41, 5.74) is 0.